The van der Waals surface area contributed by atoms with Gasteiger partial charge in [-0.2, -0.15) is 10.4 Å². The number of nitriles is 1. The zero-order chi connectivity index (χ0) is 16.2. The Morgan fingerprint density at radius 1 is 1.48 bits per heavy atom. The fourth-order valence-electron chi connectivity index (χ4n) is 2.90. The Balaban J connectivity index is 1.71. The Labute approximate surface area is 140 Å². The average Bonchev–Trinajstić information content (AvgIpc) is 3.00. The van der Waals surface area contributed by atoms with Crippen molar-refractivity contribution in [2.24, 2.45) is 13.0 Å². The van der Waals surface area contributed by atoms with Crippen molar-refractivity contribution < 1.29 is 4.74 Å². The summed E-state index contributed by atoms with van der Waals surface area (Å²) in [7, 11) is 1.93. The van der Waals surface area contributed by atoms with Gasteiger partial charge in [-0.3, -0.25) is 4.68 Å². The molecule has 1 aliphatic rings. The van der Waals surface area contributed by atoms with Gasteiger partial charge in [-0.15, -0.1) is 0 Å². The quantitative estimate of drug-likeness (QED) is 0.932. The molecule has 0 aliphatic carbocycles. The minimum absolute atomic E-state index is 0.0199. The Morgan fingerprint density at radius 3 is 3.09 bits per heavy atom. The molecule has 0 saturated carbocycles. The summed E-state index contributed by atoms with van der Waals surface area (Å²) in [6.07, 6.45) is 3.92. The molecule has 0 amide bonds. The lowest BCUT2D eigenvalue weighted by molar-refractivity contribution is -0.0284. The van der Waals surface area contributed by atoms with E-state index in [0.29, 0.717) is 16.8 Å². The smallest absolute Gasteiger partial charge is 0.161 e. The predicted octanol–water partition coefficient (Wildman–Crippen LogP) is 2.92. The van der Waals surface area contributed by atoms with E-state index in [2.05, 4.69) is 15.4 Å². The Bertz CT molecular complexity index is 724. The first-order valence-corrected chi connectivity index (χ1v) is 7.97. The lowest BCUT2D eigenvalue weighted by Crippen LogP contribution is -2.29. The number of rotatable bonds is 4. The van der Waals surface area contributed by atoms with Crippen molar-refractivity contribution in [1.29, 1.82) is 5.26 Å². The zero-order valence-corrected chi connectivity index (χ0v) is 13.6. The van der Waals surface area contributed by atoms with Crippen LogP contribution in [0.15, 0.2) is 24.4 Å². The van der Waals surface area contributed by atoms with Crippen molar-refractivity contribution in [3.8, 4) is 6.07 Å². The molecule has 0 unspecified atom stereocenters. The molecule has 120 valence electrons. The van der Waals surface area contributed by atoms with Gasteiger partial charge in [-0.1, -0.05) is 11.6 Å². The van der Waals surface area contributed by atoms with Crippen molar-refractivity contribution >= 4 is 17.4 Å². The molecule has 3 heterocycles. The number of aromatic nitrogens is 3. The molecule has 3 rings (SSSR count). The molecule has 0 spiro atoms. The van der Waals surface area contributed by atoms with Gasteiger partial charge < -0.3 is 10.1 Å². The van der Waals surface area contributed by atoms with Crippen LogP contribution in [-0.4, -0.2) is 27.9 Å². The molecule has 2 atom stereocenters. The van der Waals surface area contributed by atoms with E-state index in [1.165, 1.54) is 0 Å². The number of aryl methyl sites for hydroxylation is 1. The van der Waals surface area contributed by atoms with E-state index >= 15 is 0 Å². The van der Waals surface area contributed by atoms with Crippen LogP contribution in [0.4, 0.5) is 5.82 Å². The van der Waals surface area contributed by atoms with Crippen LogP contribution in [0.2, 0.25) is 5.02 Å². The van der Waals surface area contributed by atoms with Crippen LogP contribution >= 0.6 is 11.6 Å². The number of hydrogen-bond acceptors (Lipinski definition) is 5. The second-order valence-electron chi connectivity index (χ2n) is 5.59. The molecular weight excluding hydrogens is 314 g/mol. The summed E-state index contributed by atoms with van der Waals surface area (Å²) >= 11 is 5.91. The summed E-state index contributed by atoms with van der Waals surface area (Å²) in [4.78, 5) is 4.22. The molecule has 1 fully saturated rings. The third-order valence-electron chi connectivity index (χ3n) is 4.09. The van der Waals surface area contributed by atoms with Gasteiger partial charge in [-0.05, 0) is 31.0 Å². The number of nitrogens with one attached hydrogen (secondary N) is 1. The molecule has 2 aromatic rings. The second-order valence-corrected chi connectivity index (χ2v) is 6.00. The topological polar surface area (TPSA) is 75.8 Å². The maximum absolute atomic E-state index is 9.00. The Hall–Kier alpha value is -2.10. The van der Waals surface area contributed by atoms with Crippen LogP contribution in [0.3, 0.4) is 0 Å². The summed E-state index contributed by atoms with van der Waals surface area (Å²) in [6, 6.07) is 7.46. The highest BCUT2D eigenvalue weighted by Gasteiger charge is 2.29. The molecule has 1 aliphatic heterocycles. The summed E-state index contributed by atoms with van der Waals surface area (Å²) in [5.41, 5.74) is 1.32. The van der Waals surface area contributed by atoms with Gasteiger partial charge >= 0.3 is 0 Å². The van der Waals surface area contributed by atoms with Crippen molar-refractivity contribution in [2.45, 2.75) is 18.9 Å². The normalized spacial score (nSPS) is 20.9. The van der Waals surface area contributed by atoms with E-state index in [-0.39, 0.29) is 11.8 Å². The van der Waals surface area contributed by atoms with Crippen molar-refractivity contribution in [3.63, 3.8) is 0 Å². The number of halogens is 1. The molecule has 0 radical (unpaired) electrons. The average molecular weight is 332 g/mol. The Kier molecular flexibility index (Phi) is 4.79. The summed E-state index contributed by atoms with van der Waals surface area (Å²) in [5.74, 6) is 0.974. The van der Waals surface area contributed by atoms with Gasteiger partial charge in [0, 0.05) is 32.3 Å². The largest absolute Gasteiger partial charge is 0.372 e. The molecule has 7 heteroatoms. The molecule has 1 saturated heterocycles. The minimum atomic E-state index is 0.0199. The van der Waals surface area contributed by atoms with Crippen LogP contribution in [-0.2, 0) is 11.8 Å². The second kappa shape index (κ2) is 6.99. The van der Waals surface area contributed by atoms with Crippen molar-refractivity contribution in [1.82, 2.24) is 14.8 Å². The van der Waals surface area contributed by atoms with Crippen molar-refractivity contribution in [3.05, 3.63) is 40.8 Å². The first-order valence-electron chi connectivity index (χ1n) is 7.59. The first-order chi connectivity index (χ1) is 11.2. The van der Waals surface area contributed by atoms with E-state index in [4.69, 9.17) is 21.6 Å². The highest BCUT2D eigenvalue weighted by atomic mass is 35.5. The number of anilines is 1. The maximum Gasteiger partial charge on any atom is 0.161 e. The van der Waals surface area contributed by atoms with E-state index in [0.717, 1.165) is 31.7 Å². The van der Waals surface area contributed by atoms with Gasteiger partial charge in [-0.25, -0.2) is 4.98 Å². The van der Waals surface area contributed by atoms with Gasteiger partial charge in [0.25, 0.3) is 0 Å². The number of ether oxygens (including phenoxy) is 1. The maximum atomic E-state index is 9.00. The third-order valence-corrected chi connectivity index (χ3v) is 4.40. The third kappa shape index (κ3) is 3.46. The summed E-state index contributed by atoms with van der Waals surface area (Å²) in [5, 5.41) is 16.9. The zero-order valence-electron chi connectivity index (χ0n) is 12.9. The van der Waals surface area contributed by atoms with Gasteiger partial charge in [0.05, 0.1) is 10.7 Å². The first kappa shape index (κ1) is 15.8. The lowest BCUT2D eigenvalue weighted by Gasteiger charge is -2.32. The fraction of sp³-hybridized carbons (Fsp3) is 0.438. The van der Waals surface area contributed by atoms with E-state index in [9.17, 15) is 0 Å². The molecule has 6 nitrogen and oxygen atoms in total. The monoisotopic (exact) mass is 331 g/mol. The van der Waals surface area contributed by atoms with Crippen LogP contribution in [0.5, 0.6) is 0 Å². The van der Waals surface area contributed by atoms with Crippen LogP contribution in [0.1, 0.15) is 30.3 Å². The predicted molar refractivity (Wildman–Crippen MR) is 87.1 cm³/mol. The lowest BCUT2D eigenvalue weighted by atomic mass is 9.92. The Morgan fingerprint density at radius 2 is 2.35 bits per heavy atom. The van der Waals surface area contributed by atoms with E-state index in [1.807, 2.05) is 23.9 Å². The van der Waals surface area contributed by atoms with Gasteiger partial charge in [0.1, 0.15) is 18.0 Å². The van der Waals surface area contributed by atoms with E-state index in [1.54, 1.807) is 18.3 Å². The van der Waals surface area contributed by atoms with Crippen molar-refractivity contribution in [2.75, 3.05) is 18.5 Å². The molecule has 1 N–H and O–H groups in total. The van der Waals surface area contributed by atoms with Crippen LogP contribution < -0.4 is 5.32 Å². The number of nitrogens with zero attached hydrogens (tertiary/aromatic N) is 4. The highest BCUT2D eigenvalue weighted by Crippen LogP contribution is 2.33. The highest BCUT2D eigenvalue weighted by molar-refractivity contribution is 6.31. The fourth-order valence-corrected chi connectivity index (χ4v) is 3.04. The minimum Gasteiger partial charge on any atom is -0.372 e. The number of hydrogen-bond donors (Lipinski definition) is 1. The summed E-state index contributed by atoms with van der Waals surface area (Å²) in [6.45, 7) is 1.49. The molecule has 2 aromatic heterocycles. The molecule has 23 heavy (non-hydrogen) atoms. The number of pyridine rings is 1. The SMILES string of the molecule is Cn1nccc1[C@@H]1OCCC[C@H]1CNc1ccc(Cl)c(C#N)n1. The van der Waals surface area contributed by atoms with Crippen LogP contribution in [0.25, 0.3) is 0 Å². The summed E-state index contributed by atoms with van der Waals surface area (Å²) < 4.78 is 7.83. The van der Waals surface area contributed by atoms with E-state index < -0.39 is 0 Å². The van der Waals surface area contributed by atoms with Crippen LogP contribution in [0, 0.1) is 17.2 Å². The standard InChI is InChI=1S/C16H18ClN5O/c1-22-14(6-7-20-22)16-11(3-2-8-23-16)10-19-15-5-4-12(17)13(9-18)21-15/h4-7,11,16H,2-3,8,10H2,1H3,(H,19,21)/t11-,16+/m0/s1. The molecule has 0 aromatic carbocycles. The molecule has 0 bridgehead atoms. The molecular formula is C16H18ClN5O. The van der Waals surface area contributed by atoms with Gasteiger partial charge in [0.2, 0.25) is 0 Å². The van der Waals surface area contributed by atoms with Gasteiger partial charge in [0.15, 0.2) is 5.69 Å².